The van der Waals surface area contributed by atoms with E-state index in [-0.39, 0.29) is 11.2 Å². The minimum atomic E-state index is -0.175. The van der Waals surface area contributed by atoms with Crippen LogP contribution in [0.1, 0.15) is 12.5 Å². The minimum Gasteiger partial charge on any atom is -0.207 e. The predicted molar refractivity (Wildman–Crippen MR) is 61.3 cm³/mol. The molecular weight excluding hydrogens is 299 g/mol. The standard InChI is InChI=1S/C10H11Br2F/c1-10(6-11,7-12)8-4-2-3-5-9(8)13/h2-5H,6-7H2,1H3. The summed E-state index contributed by atoms with van der Waals surface area (Å²) in [5.41, 5.74) is 0.578. The van der Waals surface area contributed by atoms with Crippen LogP contribution in [0, 0.1) is 5.82 Å². The Bertz CT molecular complexity index is 282. The van der Waals surface area contributed by atoms with Crippen LogP contribution in [0.4, 0.5) is 4.39 Å². The Balaban J connectivity index is 3.12. The van der Waals surface area contributed by atoms with E-state index in [0.29, 0.717) is 0 Å². The quantitative estimate of drug-likeness (QED) is 0.744. The normalized spacial score (nSPS) is 11.7. The van der Waals surface area contributed by atoms with Gasteiger partial charge in [-0.2, -0.15) is 0 Å². The molecule has 72 valence electrons. The molecule has 1 aromatic carbocycles. The maximum atomic E-state index is 13.4. The third-order valence-electron chi connectivity index (χ3n) is 2.11. The van der Waals surface area contributed by atoms with Gasteiger partial charge < -0.3 is 0 Å². The van der Waals surface area contributed by atoms with E-state index in [2.05, 4.69) is 31.9 Å². The summed E-state index contributed by atoms with van der Waals surface area (Å²) in [5, 5.41) is 1.48. The fourth-order valence-corrected chi connectivity index (χ4v) is 2.66. The number of benzene rings is 1. The van der Waals surface area contributed by atoms with Crippen molar-refractivity contribution >= 4 is 31.9 Å². The minimum absolute atomic E-state index is 0.135. The van der Waals surface area contributed by atoms with Crippen LogP contribution in [-0.2, 0) is 5.41 Å². The van der Waals surface area contributed by atoms with Crippen molar-refractivity contribution in [3.63, 3.8) is 0 Å². The smallest absolute Gasteiger partial charge is 0.127 e. The second-order valence-electron chi connectivity index (χ2n) is 3.31. The van der Waals surface area contributed by atoms with Crippen molar-refractivity contribution in [3.05, 3.63) is 35.6 Å². The Kier molecular flexibility index (Phi) is 3.92. The molecule has 0 bridgehead atoms. The summed E-state index contributed by atoms with van der Waals surface area (Å²) >= 11 is 6.81. The van der Waals surface area contributed by atoms with Gasteiger partial charge in [0.05, 0.1) is 0 Å². The van der Waals surface area contributed by atoms with Crippen molar-refractivity contribution in [2.24, 2.45) is 0 Å². The van der Waals surface area contributed by atoms with Gasteiger partial charge in [0.25, 0.3) is 0 Å². The molecule has 0 spiro atoms. The van der Waals surface area contributed by atoms with Crippen LogP contribution in [0.2, 0.25) is 0 Å². The van der Waals surface area contributed by atoms with Crippen LogP contribution in [0.5, 0.6) is 0 Å². The fourth-order valence-electron chi connectivity index (χ4n) is 1.13. The molecule has 1 aromatic rings. The molecule has 0 heterocycles. The molecule has 0 aliphatic rings. The highest BCUT2D eigenvalue weighted by molar-refractivity contribution is 9.09. The first-order valence-corrected chi connectivity index (χ1v) is 6.25. The molecule has 13 heavy (non-hydrogen) atoms. The van der Waals surface area contributed by atoms with Crippen LogP contribution in [0.25, 0.3) is 0 Å². The highest BCUT2D eigenvalue weighted by Crippen LogP contribution is 2.29. The molecule has 0 unspecified atom stereocenters. The van der Waals surface area contributed by atoms with Gasteiger partial charge in [-0.15, -0.1) is 0 Å². The van der Waals surface area contributed by atoms with Crippen molar-refractivity contribution in [2.75, 3.05) is 10.7 Å². The molecule has 0 saturated carbocycles. The van der Waals surface area contributed by atoms with Gasteiger partial charge in [-0.05, 0) is 11.6 Å². The molecule has 0 radical (unpaired) electrons. The van der Waals surface area contributed by atoms with E-state index >= 15 is 0 Å². The molecular formula is C10H11Br2F. The molecule has 0 aliphatic carbocycles. The molecule has 0 amide bonds. The Morgan fingerprint density at radius 2 is 1.77 bits per heavy atom. The van der Waals surface area contributed by atoms with Gasteiger partial charge in [0, 0.05) is 16.1 Å². The topological polar surface area (TPSA) is 0 Å². The second-order valence-corrected chi connectivity index (χ2v) is 4.43. The number of rotatable bonds is 3. The van der Waals surface area contributed by atoms with Crippen molar-refractivity contribution in [2.45, 2.75) is 12.3 Å². The van der Waals surface area contributed by atoms with Crippen molar-refractivity contribution in [3.8, 4) is 0 Å². The van der Waals surface area contributed by atoms with Gasteiger partial charge >= 0.3 is 0 Å². The first-order chi connectivity index (χ1) is 6.14. The lowest BCUT2D eigenvalue weighted by Gasteiger charge is -2.25. The summed E-state index contributed by atoms with van der Waals surface area (Å²) < 4.78 is 13.4. The zero-order chi connectivity index (χ0) is 9.90. The largest absolute Gasteiger partial charge is 0.207 e. The molecule has 0 fully saturated rings. The average molecular weight is 310 g/mol. The Labute approximate surface area is 94.8 Å². The van der Waals surface area contributed by atoms with Crippen LogP contribution >= 0.6 is 31.9 Å². The van der Waals surface area contributed by atoms with Gasteiger partial charge in [-0.1, -0.05) is 57.0 Å². The van der Waals surface area contributed by atoms with Crippen molar-refractivity contribution in [1.29, 1.82) is 0 Å². The molecule has 0 aliphatic heterocycles. The lowest BCUT2D eigenvalue weighted by atomic mass is 9.86. The maximum Gasteiger partial charge on any atom is 0.127 e. The van der Waals surface area contributed by atoms with E-state index in [1.54, 1.807) is 6.07 Å². The summed E-state index contributed by atoms with van der Waals surface area (Å²) in [4.78, 5) is 0. The SMILES string of the molecule is CC(CBr)(CBr)c1ccccc1F. The number of alkyl halides is 2. The molecule has 0 saturated heterocycles. The number of halogens is 3. The lowest BCUT2D eigenvalue weighted by Crippen LogP contribution is -2.27. The molecule has 0 atom stereocenters. The molecule has 0 N–H and O–H groups in total. The van der Waals surface area contributed by atoms with Gasteiger partial charge in [0.1, 0.15) is 5.82 Å². The van der Waals surface area contributed by atoms with Crippen LogP contribution in [0.15, 0.2) is 24.3 Å². The van der Waals surface area contributed by atoms with E-state index in [1.165, 1.54) is 6.07 Å². The third kappa shape index (κ3) is 2.32. The van der Waals surface area contributed by atoms with E-state index < -0.39 is 0 Å². The van der Waals surface area contributed by atoms with Crippen LogP contribution in [0.3, 0.4) is 0 Å². The molecule has 1 rings (SSSR count). The van der Waals surface area contributed by atoms with Crippen molar-refractivity contribution < 1.29 is 4.39 Å². The lowest BCUT2D eigenvalue weighted by molar-refractivity contribution is 0.540. The summed E-state index contributed by atoms with van der Waals surface area (Å²) in [6.45, 7) is 2.02. The van der Waals surface area contributed by atoms with E-state index in [9.17, 15) is 4.39 Å². The van der Waals surface area contributed by atoms with E-state index in [0.717, 1.165) is 16.2 Å². The number of hydrogen-bond donors (Lipinski definition) is 0. The Hall–Kier alpha value is 0.110. The maximum absolute atomic E-state index is 13.4. The average Bonchev–Trinajstić information content (AvgIpc) is 2.17. The summed E-state index contributed by atoms with van der Waals surface area (Å²) in [5.74, 6) is -0.135. The van der Waals surface area contributed by atoms with Gasteiger partial charge in [-0.3, -0.25) is 0 Å². The first-order valence-electron chi connectivity index (χ1n) is 4.01. The Morgan fingerprint density at radius 1 is 1.23 bits per heavy atom. The van der Waals surface area contributed by atoms with Crippen LogP contribution < -0.4 is 0 Å². The zero-order valence-corrected chi connectivity index (χ0v) is 10.5. The summed E-state index contributed by atoms with van der Waals surface area (Å²) in [6.07, 6.45) is 0. The summed E-state index contributed by atoms with van der Waals surface area (Å²) in [6, 6.07) is 6.90. The number of hydrogen-bond acceptors (Lipinski definition) is 0. The zero-order valence-electron chi connectivity index (χ0n) is 7.36. The second kappa shape index (κ2) is 4.56. The molecule has 0 nitrogen and oxygen atoms in total. The van der Waals surface area contributed by atoms with Crippen LogP contribution in [-0.4, -0.2) is 10.7 Å². The van der Waals surface area contributed by atoms with Crippen molar-refractivity contribution in [1.82, 2.24) is 0 Å². The molecule has 0 aromatic heterocycles. The first kappa shape index (κ1) is 11.2. The summed E-state index contributed by atoms with van der Waals surface area (Å²) in [7, 11) is 0. The van der Waals surface area contributed by atoms with E-state index in [1.807, 2.05) is 19.1 Å². The third-order valence-corrected chi connectivity index (χ3v) is 4.59. The highest BCUT2D eigenvalue weighted by Gasteiger charge is 2.26. The van der Waals surface area contributed by atoms with Gasteiger partial charge in [-0.25, -0.2) is 4.39 Å². The monoisotopic (exact) mass is 308 g/mol. The van der Waals surface area contributed by atoms with Gasteiger partial charge in [0.15, 0.2) is 0 Å². The highest BCUT2D eigenvalue weighted by atomic mass is 79.9. The predicted octanol–water partition coefficient (Wildman–Crippen LogP) is 3.87. The Morgan fingerprint density at radius 3 is 2.23 bits per heavy atom. The van der Waals surface area contributed by atoms with Gasteiger partial charge in [0.2, 0.25) is 0 Å². The molecule has 3 heteroatoms. The fraction of sp³-hybridized carbons (Fsp3) is 0.400. The van der Waals surface area contributed by atoms with E-state index in [4.69, 9.17) is 0 Å².